The highest BCUT2D eigenvalue weighted by Crippen LogP contribution is 2.32. The average Bonchev–Trinajstić information content (AvgIpc) is 2.01. The Hall–Kier alpha value is -0.530. The van der Waals surface area contributed by atoms with Crippen molar-refractivity contribution in [1.29, 1.82) is 0 Å². The molecule has 1 saturated carbocycles. The Morgan fingerprint density at radius 3 is 2.08 bits per heavy atom. The maximum absolute atomic E-state index is 11.3. The van der Waals surface area contributed by atoms with E-state index in [0.717, 1.165) is 24.7 Å². The summed E-state index contributed by atoms with van der Waals surface area (Å²) in [7, 11) is 1.73. The number of hydrogen-bond donors (Lipinski definition) is 1. The quantitative estimate of drug-likeness (QED) is 0.637. The summed E-state index contributed by atoms with van der Waals surface area (Å²) in [5.74, 6) is 1.94. The summed E-state index contributed by atoms with van der Waals surface area (Å²) in [4.78, 5) is 11.3. The van der Waals surface area contributed by atoms with E-state index < -0.39 is 0 Å². The number of carbonyl (C=O) groups is 1. The molecule has 0 heterocycles. The van der Waals surface area contributed by atoms with Gasteiger partial charge in [-0.2, -0.15) is 0 Å². The van der Waals surface area contributed by atoms with Gasteiger partial charge in [-0.3, -0.25) is 4.79 Å². The summed E-state index contributed by atoms with van der Waals surface area (Å²) in [5.41, 5.74) is 0. The molecule has 0 aromatic carbocycles. The van der Waals surface area contributed by atoms with Crippen LogP contribution in [0.1, 0.15) is 33.1 Å². The van der Waals surface area contributed by atoms with Crippen LogP contribution in [0.15, 0.2) is 0 Å². The molecule has 2 nitrogen and oxygen atoms in total. The zero-order chi connectivity index (χ0) is 9.14. The summed E-state index contributed by atoms with van der Waals surface area (Å²) in [6.45, 7) is 4.48. The van der Waals surface area contributed by atoms with E-state index in [0.29, 0.717) is 0 Å². The maximum Gasteiger partial charge on any atom is 0.222 e. The number of hydrogen-bond acceptors (Lipinski definition) is 1. The lowest BCUT2D eigenvalue weighted by atomic mass is 9.76. The third-order valence-corrected chi connectivity index (χ3v) is 2.80. The van der Waals surface area contributed by atoms with Crippen molar-refractivity contribution in [2.24, 2.45) is 17.8 Å². The van der Waals surface area contributed by atoms with Crippen molar-refractivity contribution in [3.63, 3.8) is 0 Å². The standard InChI is InChI=1S/C10H19NO/c1-7-4-8(2)6-9(5-7)10(12)11-3/h7-9H,4-6H2,1-3H3,(H,11,12). The second kappa shape index (κ2) is 3.92. The Morgan fingerprint density at radius 2 is 1.67 bits per heavy atom. The number of nitrogens with one attached hydrogen (secondary N) is 1. The molecular formula is C10H19NO. The van der Waals surface area contributed by atoms with Crippen molar-refractivity contribution < 1.29 is 4.79 Å². The van der Waals surface area contributed by atoms with Crippen LogP contribution < -0.4 is 5.32 Å². The molecule has 0 bridgehead atoms. The predicted octanol–water partition coefficient (Wildman–Crippen LogP) is 1.80. The predicted molar refractivity (Wildman–Crippen MR) is 49.7 cm³/mol. The third kappa shape index (κ3) is 2.23. The largest absolute Gasteiger partial charge is 0.359 e. The fourth-order valence-electron chi connectivity index (χ4n) is 2.37. The van der Waals surface area contributed by atoms with Gasteiger partial charge in [-0.1, -0.05) is 13.8 Å². The van der Waals surface area contributed by atoms with Gasteiger partial charge in [0, 0.05) is 13.0 Å². The molecule has 2 heteroatoms. The third-order valence-electron chi connectivity index (χ3n) is 2.80. The Labute approximate surface area is 74.7 Å². The first kappa shape index (κ1) is 9.56. The van der Waals surface area contributed by atoms with Gasteiger partial charge in [0.1, 0.15) is 0 Å². The molecule has 0 aromatic heterocycles. The Balaban J connectivity index is 2.49. The maximum atomic E-state index is 11.3. The zero-order valence-corrected chi connectivity index (χ0v) is 8.26. The van der Waals surface area contributed by atoms with Gasteiger partial charge in [-0.15, -0.1) is 0 Å². The van der Waals surface area contributed by atoms with Crippen LogP contribution in [0.3, 0.4) is 0 Å². The Bertz CT molecular complexity index is 157. The van der Waals surface area contributed by atoms with E-state index in [-0.39, 0.29) is 11.8 Å². The molecule has 1 aliphatic carbocycles. The fourth-order valence-corrected chi connectivity index (χ4v) is 2.37. The Kier molecular flexibility index (Phi) is 3.12. The van der Waals surface area contributed by atoms with Crippen LogP contribution >= 0.6 is 0 Å². The van der Waals surface area contributed by atoms with Crippen molar-refractivity contribution in [3.05, 3.63) is 0 Å². The molecular weight excluding hydrogens is 150 g/mol. The zero-order valence-electron chi connectivity index (χ0n) is 8.26. The van der Waals surface area contributed by atoms with Gasteiger partial charge < -0.3 is 5.32 Å². The molecule has 2 atom stereocenters. The van der Waals surface area contributed by atoms with Crippen LogP contribution in [0, 0.1) is 17.8 Å². The summed E-state index contributed by atoms with van der Waals surface area (Å²) >= 11 is 0. The van der Waals surface area contributed by atoms with Crippen LogP contribution in [-0.2, 0) is 4.79 Å². The lowest BCUT2D eigenvalue weighted by Gasteiger charge is -2.30. The number of amides is 1. The minimum atomic E-state index is 0.230. The van der Waals surface area contributed by atoms with E-state index in [1.54, 1.807) is 7.05 Å². The van der Waals surface area contributed by atoms with Crippen molar-refractivity contribution in [1.82, 2.24) is 5.32 Å². The first-order chi connectivity index (χ1) is 5.63. The molecule has 0 aromatic rings. The molecule has 1 N–H and O–H groups in total. The highest BCUT2D eigenvalue weighted by atomic mass is 16.1. The molecule has 1 amide bonds. The number of rotatable bonds is 1. The summed E-state index contributed by atoms with van der Waals surface area (Å²) in [6, 6.07) is 0. The van der Waals surface area contributed by atoms with Crippen molar-refractivity contribution in [3.8, 4) is 0 Å². The highest BCUT2D eigenvalue weighted by molar-refractivity contribution is 5.78. The monoisotopic (exact) mass is 169 g/mol. The van der Waals surface area contributed by atoms with E-state index in [1.165, 1.54) is 6.42 Å². The highest BCUT2D eigenvalue weighted by Gasteiger charge is 2.27. The molecule has 12 heavy (non-hydrogen) atoms. The lowest BCUT2D eigenvalue weighted by molar-refractivity contribution is -0.126. The van der Waals surface area contributed by atoms with Crippen molar-refractivity contribution in [2.45, 2.75) is 33.1 Å². The Morgan fingerprint density at radius 1 is 1.17 bits per heavy atom. The van der Waals surface area contributed by atoms with E-state index in [4.69, 9.17) is 0 Å². The van der Waals surface area contributed by atoms with Crippen molar-refractivity contribution in [2.75, 3.05) is 7.05 Å². The summed E-state index contributed by atoms with van der Waals surface area (Å²) in [6.07, 6.45) is 3.43. The van der Waals surface area contributed by atoms with Gasteiger partial charge in [-0.25, -0.2) is 0 Å². The molecule has 1 fully saturated rings. The SMILES string of the molecule is CNC(=O)C1CC(C)CC(C)C1. The smallest absolute Gasteiger partial charge is 0.222 e. The first-order valence-electron chi connectivity index (χ1n) is 4.85. The summed E-state index contributed by atoms with van der Waals surface area (Å²) < 4.78 is 0. The molecule has 0 spiro atoms. The van der Waals surface area contributed by atoms with E-state index in [2.05, 4.69) is 19.2 Å². The first-order valence-corrected chi connectivity index (χ1v) is 4.85. The second-order valence-electron chi connectivity index (χ2n) is 4.23. The fraction of sp³-hybridized carbons (Fsp3) is 0.900. The second-order valence-corrected chi connectivity index (χ2v) is 4.23. The van der Waals surface area contributed by atoms with Crippen LogP contribution in [-0.4, -0.2) is 13.0 Å². The molecule has 1 rings (SSSR count). The molecule has 0 saturated heterocycles. The van der Waals surface area contributed by atoms with Gasteiger partial charge in [0.2, 0.25) is 5.91 Å². The minimum Gasteiger partial charge on any atom is -0.359 e. The molecule has 2 unspecified atom stereocenters. The van der Waals surface area contributed by atoms with Gasteiger partial charge in [0.05, 0.1) is 0 Å². The van der Waals surface area contributed by atoms with Gasteiger partial charge in [0.15, 0.2) is 0 Å². The van der Waals surface area contributed by atoms with Gasteiger partial charge in [-0.05, 0) is 31.1 Å². The lowest BCUT2D eigenvalue weighted by Crippen LogP contribution is -2.33. The van der Waals surface area contributed by atoms with E-state index in [1.807, 2.05) is 0 Å². The van der Waals surface area contributed by atoms with E-state index in [9.17, 15) is 4.79 Å². The van der Waals surface area contributed by atoms with Crippen LogP contribution in [0.25, 0.3) is 0 Å². The minimum absolute atomic E-state index is 0.230. The topological polar surface area (TPSA) is 29.1 Å². The van der Waals surface area contributed by atoms with Crippen molar-refractivity contribution >= 4 is 5.91 Å². The van der Waals surface area contributed by atoms with Crippen LogP contribution in [0.2, 0.25) is 0 Å². The molecule has 1 aliphatic rings. The number of carbonyl (C=O) groups excluding carboxylic acids is 1. The molecule has 70 valence electrons. The van der Waals surface area contributed by atoms with Gasteiger partial charge in [0.25, 0.3) is 0 Å². The van der Waals surface area contributed by atoms with E-state index >= 15 is 0 Å². The molecule has 0 aliphatic heterocycles. The average molecular weight is 169 g/mol. The van der Waals surface area contributed by atoms with Crippen LogP contribution in [0.5, 0.6) is 0 Å². The van der Waals surface area contributed by atoms with Crippen LogP contribution in [0.4, 0.5) is 0 Å². The normalized spacial score (nSPS) is 36.1. The van der Waals surface area contributed by atoms with Gasteiger partial charge >= 0.3 is 0 Å². The summed E-state index contributed by atoms with van der Waals surface area (Å²) in [5, 5.41) is 2.74. The molecule has 0 radical (unpaired) electrons.